The first-order valence-electron chi connectivity index (χ1n) is 9.28. The Bertz CT molecular complexity index is 1070. The van der Waals surface area contributed by atoms with Crippen LogP contribution in [-0.2, 0) is 24.3 Å². The first-order chi connectivity index (χ1) is 14.4. The molecule has 1 aromatic heterocycles. The van der Waals surface area contributed by atoms with Gasteiger partial charge in [0.05, 0.1) is 0 Å². The van der Waals surface area contributed by atoms with Crippen molar-refractivity contribution in [1.82, 2.24) is 30.6 Å². The highest BCUT2D eigenvalue weighted by Gasteiger charge is 2.14. The van der Waals surface area contributed by atoms with Crippen LogP contribution in [0.1, 0.15) is 22.5 Å². The number of hydrazine groups is 1. The van der Waals surface area contributed by atoms with Crippen LogP contribution < -0.4 is 27.7 Å². The molecule has 2 aromatic carbocycles. The average Bonchev–Trinajstić information content (AvgIpc) is 3.01. The molecule has 0 fully saturated rings. The first kappa shape index (κ1) is 21.1. The molecular formula is C20H23N7O2S. The van der Waals surface area contributed by atoms with Crippen LogP contribution in [0.3, 0.4) is 0 Å². The molecule has 3 aromatic rings. The van der Waals surface area contributed by atoms with Crippen LogP contribution in [0.5, 0.6) is 0 Å². The highest BCUT2D eigenvalue weighted by Crippen LogP contribution is 2.07. The van der Waals surface area contributed by atoms with Gasteiger partial charge in [0.2, 0.25) is 0 Å². The molecule has 0 saturated carbocycles. The molecule has 0 aliphatic rings. The molecule has 0 atom stereocenters. The highest BCUT2D eigenvalue weighted by molar-refractivity contribution is 7.80. The minimum atomic E-state index is -0.572. The number of carbonyl (C=O) groups is 1. The predicted molar refractivity (Wildman–Crippen MR) is 118 cm³/mol. The number of nitrogen functional groups attached to an aromatic ring is 1. The zero-order valence-electron chi connectivity index (χ0n) is 16.5. The van der Waals surface area contributed by atoms with Crippen molar-refractivity contribution in [1.29, 1.82) is 0 Å². The summed E-state index contributed by atoms with van der Waals surface area (Å²) in [5.74, 6) is 5.70. The van der Waals surface area contributed by atoms with Crippen LogP contribution in [0.2, 0.25) is 0 Å². The van der Waals surface area contributed by atoms with E-state index in [1.54, 1.807) is 0 Å². The van der Waals surface area contributed by atoms with Gasteiger partial charge >= 0.3 is 5.69 Å². The number of aryl methyl sites for hydroxylation is 1. The van der Waals surface area contributed by atoms with E-state index in [-0.39, 0.29) is 11.7 Å². The number of nitrogens with two attached hydrogens (primary N) is 1. The fraction of sp³-hybridized carbons (Fsp3) is 0.200. The predicted octanol–water partition coefficient (Wildman–Crippen LogP) is 0.353. The summed E-state index contributed by atoms with van der Waals surface area (Å²) >= 11 is 5.12. The maximum absolute atomic E-state index is 12.3. The molecule has 0 bridgehead atoms. The molecule has 156 valence electrons. The van der Waals surface area contributed by atoms with Crippen molar-refractivity contribution < 1.29 is 4.79 Å². The minimum absolute atomic E-state index is 0.254. The molecule has 1 amide bonds. The summed E-state index contributed by atoms with van der Waals surface area (Å²) in [4.78, 5) is 24.4. The number of amides is 1. The van der Waals surface area contributed by atoms with Crippen LogP contribution in [0, 0.1) is 6.92 Å². The average molecular weight is 426 g/mol. The van der Waals surface area contributed by atoms with Crippen molar-refractivity contribution in [2.24, 2.45) is 0 Å². The smallest absolute Gasteiger partial charge is 0.357 e. The van der Waals surface area contributed by atoms with Crippen LogP contribution in [0.4, 0.5) is 0 Å². The van der Waals surface area contributed by atoms with Gasteiger partial charge in [-0.25, -0.2) is 9.48 Å². The number of hydrogen-bond donors (Lipinski definition) is 4. The van der Waals surface area contributed by atoms with Crippen molar-refractivity contribution in [2.75, 3.05) is 5.84 Å². The number of nitrogens with one attached hydrogen (secondary N) is 3. The Kier molecular flexibility index (Phi) is 6.81. The van der Waals surface area contributed by atoms with Crippen molar-refractivity contribution in [3.05, 3.63) is 87.6 Å². The Labute approximate surface area is 178 Å². The number of hydrogen-bond acceptors (Lipinski definition) is 5. The summed E-state index contributed by atoms with van der Waals surface area (Å²) in [5.41, 5.74) is 7.61. The lowest BCUT2D eigenvalue weighted by Gasteiger charge is -2.11. The Morgan fingerprint density at radius 3 is 2.47 bits per heavy atom. The SMILES string of the molecule is Cc1ccc(Cc2nn(CC(=O)NNC(=S)NCc3ccccc3)c(=O)n2N)cc1. The van der Waals surface area contributed by atoms with Gasteiger partial charge in [-0.15, -0.1) is 0 Å². The molecule has 0 aliphatic carbocycles. The fourth-order valence-electron chi connectivity index (χ4n) is 2.70. The Morgan fingerprint density at radius 2 is 1.77 bits per heavy atom. The van der Waals surface area contributed by atoms with E-state index in [4.69, 9.17) is 18.1 Å². The molecule has 0 radical (unpaired) electrons. The molecule has 10 heteroatoms. The van der Waals surface area contributed by atoms with E-state index in [1.807, 2.05) is 61.5 Å². The van der Waals surface area contributed by atoms with Gasteiger partial charge in [-0.1, -0.05) is 60.2 Å². The van der Waals surface area contributed by atoms with Crippen molar-refractivity contribution >= 4 is 23.2 Å². The van der Waals surface area contributed by atoms with Crippen molar-refractivity contribution in [3.63, 3.8) is 0 Å². The summed E-state index contributed by atoms with van der Waals surface area (Å²) in [5, 5.41) is 7.40. The Balaban J connectivity index is 1.51. The molecule has 9 nitrogen and oxygen atoms in total. The molecule has 5 N–H and O–H groups in total. The third kappa shape index (κ3) is 5.67. The number of nitrogens with zero attached hydrogens (tertiary/aromatic N) is 3. The number of rotatable bonds is 6. The van der Waals surface area contributed by atoms with Crippen LogP contribution in [0.25, 0.3) is 0 Å². The zero-order chi connectivity index (χ0) is 21.5. The third-order valence-electron chi connectivity index (χ3n) is 4.33. The lowest BCUT2D eigenvalue weighted by Crippen LogP contribution is -2.48. The minimum Gasteiger partial charge on any atom is -0.357 e. The molecular weight excluding hydrogens is 402 g/mol. The van der Waals surface area contributed by atoms with E-state index in [9.17, 15) is 9.59 Å². The monoisotopic (exact) mass is 425 g/mol. The second kappa shape index (κ2) is 9.70. The molecule has 0 unspecified atom stereocenters. The van der Waals surface area contributed by atoms with E-state index in [1.165, 1.54) is 0 Å². The number of carbonyl (C=O) groups excluding carboxylic acids is 1. The summed E-state index contributed by atoms with van der Waals surface area (Å²) < 4.78 is 1.97. The highest BCUT2D eigenvalue weighted by atomic mass is 32.1. The quantitative estimate of drug-likeness (QED) is 0.256. The van der Waals surface area contributed by atoms with E-state index in [0.29, 0.717) is 18.8 Å². The molecule has 0 aliphatic heterocycles. The van der Waals surface area contributed by atoms with Gasteiger partial charge in [-0.2, -0.15) is 9.77 Å². The summed E-state index contributed by atoms with van der Waals surface area (Å²) in [6, 6.07) is 17.5. The van der Waals surface area contributed by atoms with E-state index < -0.39 is 11.6 Å². The number of aromatic nitrogens is 3. The van der Waals surface area contributed by atoms with E-state index >= 15 is 0 Å². The second-order valence-corrected chi connectivity index (χ2v) is 7.14. The van der Waals surface area contributed by atoms with Crippen LogP contribution in [-0.4, -0.2) is 25.5 Å². The maximum atomic E-state index is 12.3. The lowest BCUT2D eigenvalue weighted by molar-refractivity contribution is -0.122. The third-order valence-corrected chi connectivity index (χ3v) is 4.58. The van der Waals surface area contributed by atoms with E-state index in [2.05, 4.69) is 21.3 Å². The maximum Gasteiger partial charge on any atom is 0.365 e. The standard InChI is InChI=1S/C20H23N7O2S/c1-14-7-9-15(10-8-14)11-17-25-26(20(29)27(17)21)13-18(28)23-24-19(30)22-12-16-5-3-2-4-6-16/h2-10H,11-13,21H2,1H3,(H,23,28)(H2,22,24,30). The Hall–Kier alpha value is -3.66. The first-order valence-corrected chi connectivity index (χ1v) is 9.69. The Morgan fingerprint density at radius 1 is 1.07 bits per heavy atom. The largest absolute Gasteiger partial charge is 0.365 e. The molecule has 3 rings (SSSR count). The summed E-state index contributed by atoms with van der Waals surface area (Å²) in [6.07, 6.45) is 0.381. The lowest BCUT2D eigenvalue weighted by atomic mass is 10.1. The van der Waals surface area contributed by atoms with Gasteiger partial charge in [-0.3, -0.25) is 15.6 Å². The van der Waals surface area contributed by atoms with E-state index in [0.717, 1.165) is 26.0 Å². The number of benzene rings is 2. The molecule has 0 saturated heterocycles. The van der Waals surface area contributed by atoms with Crippen LogP contribution >= 0.6 is 12.2 Å². The number of thiocarbonyl (C=S) groups is 1. The van der Waals surface area contributed by atoms with Crippen LogP contribution in [0.15, 0.2) is 59.4 Å². The zero-order valence-corrected chi connectivity index (χ0v) is 17.3. The van der Waals surface area contributed by atoms with Gasteiger partial charge in [0.15, 0.2) is 10.9 Å². The molecule has 30 heavy (non-hydrogen) atoms. The van der Waals surface area contributed by atoms with Gasteiger partial charge in [0.25, 0.3) is 5.91 Å². The van der Waals surface area contributed by atoms with Crippen molar-refractivity contribution in [2.45, 2.75) is 26.4 Å². The van der Waals surface area contributed by atoms with Gasteiger partial charge in [-0.05, 0) is 30.3 Å². The molecule has 0 spiro atoms. The van der Waals surface area contributed by atoms with Gasteiger partial charge in [0, 0.05) is 13.0 Å². The fourth-order valence-corrected chi connectivity index (χ4v) is 2.82. The summed E-state index contributed by atoms with van der Waals surface area (Å²) in [7, 11) is 0. The normalized spacial score (nSPS) is 10.4. The van der Waals surface area contributed by atoms with Crippen molar-refractivity contribution in [3.8, 4) is 0 Å². The molecule has 1 heterocycles. The summed E-state index contributed by atoms with van der Waals surface area (Å²) in [6.45, 7) is 2.22. The van der Waals surface area contributed by atoms with Gasteiger partial charge in [0.1, 0.15) is 6.54 Å². The van der Waals surface area contributed by atoms with Gasteiger partial charge < -0.3 is 11.2 Å². The second-order valence-electron chi connectivity index (χ2n) is 6.73. The topological polar surface area (TPSA) is 119 Å².